The van der Waals surface area contributed by atoms with E-state index in [1.807, 2.05) is 11.3 Å². The molecule has 0 bridgehead atoms. The standard InChI is InChI=1S/C21H25NO2S/c23-18-8-13-5-6-17-21(15(13)10-19(18)24)16-9-14(25-20(16)11-22-17)7-12-3-1-2-4-12/h8-10,12,17,21-24H,1-7,11H2/t17-,21-/m1/s1. The Morgan fingerprint density at radius 1 is 1.00 bits per heavy atom. The topological polar surface area (TPSA) is 52.5 Å². The van der Waals surface area contributed by atoms with Crippen LogP contribution in [0.5, 0.6) is 11.5 Å². The molecule has 1 aromatic heterocycles. The van der Waals surface area contributed by atoms with Crippen LogP contribution in [0.1, 0.15) is 64.5 Å². The van der Waals surface area contributed by atoms with Crippen molar-refractivity contribution in [2.45, 2.75) is 63.5 Å². The van der Waals surface area contributed by atoms with Gasteiger partial charge in [-0.2, -0.15) is 0 Å². The summed E-state index contributed by atoms with van der Waals surface area (Å²) < 4.78 is 0. The highest BCUT2D eigenvalue weighted by atomic mass is 32.1. The molecule has 1 aliphatic heterocycles. The number of benzene rings is 1. The van der Waals surface area contributed by atoms with E-state index in [9.17, 15) is 10.2 Å². The van der Waals surface area contributed by atoms with E-state index in [0.29, 0.717) is 12.0 Å². The second kappa shape index (κ2) is 6.03. The normalized spacial score (nSPS) is 25.4. The first-order valence-corrected chi connectivity index (χ1v) is 10.4. The van der Waals surface area contributed by atoms with Crippen molar-refractivity contribution in [1.29, 1.82) is 0 Å². The van der Waals surface area contributed by atoms with Gasteiger partial charge in [-0.3, -0.25) is 0 Å². The third kappa shape index (κ3) is 2.67. The van der Waals surface area contributed by atoms with Crippen LogP contribution in [-0.2, 0) is 19.4 Å². The molecule has 0 unspecified atom stereocenters. The van der Waals surface area contributed by atoms with E-state index in [2.05, 4.69) is 11.4 Å². The van der Waals surface area contributed by atoms with Crippen LogP contribution in [0.2, 0.25) is 0 Å². The van der Waals surface area contributed by atoms with Crippen molar-refractivity contribution in [2.24, 2.45) is 5.92 Å². The molecular weight excluding hydrogens is 330 g/mol. The summed E-state index contributed by atoms with van der Waals surface area (Å²) in [7, 11) is 0. The Bertz CT molecular complexity index is 806. The quantitative estimate of drug-likeness (QED) is 0.698. The number of nitrogens with one attached hydrogen (secondary N) is 1. The maximum Gasteiger partial charge on any atom is 0.157 e. The fraction of sp³-hybridized carbons (Fsp3) is 0.524. The number of fused-ring (bicyclic) bond motifs is 5. The van der Waals surface area contributed by atoms with E-state index in [4.69, 9.17) is 0 Å². The van der Waals surface area contributed by atoms with E-state index in [-0.39, 0.29) is 11.5 Å². The van der Waals surface area contributed by atoms with E-state index in [0.717, 1.165) is 25.3 Å². The molecule has 25 heavy (non-hydrogen) atoms. The zero-order chi connectivity index (χ0) is 17.0. The van der Waals surface area contributed by atoms with Gasteiger partial charge in [-0.25, -0.2) is 0 Å². The number of thiophene rings is 1. The number of hydrogen-bond acceptors (Lipinski definition) is 4. The van der Waals surface area contributed by atoms with Gasteiger partial charge in [0.2, 0.25) is 0 Å². The van der Waals surface area contributed by atoms with Crippen LogP contribution >= 0.6 is 11.3 Å². The second-order valence-corrected chi connectivity index (χ2v) is 9.21. The highest BCUT2D eigenvalue weighted by molar-refractivity contribution is 7.12. The first-order valence-electron chi connectivity index (χ1n) is 9.58. The molecule has 3 nitrogen and oxygen atoms in total. The lowest BCUT2D eigenvalue weighted by molar-refractivity contribution is 0.382. The number of hydrogen-bond donors (Lipinski definition) is 3. The summed E-state index contributed by atoms with van der Waals surface area (Å²) in [6.45, 7) is 0.977. The number of phenols is 2. The van der Waals surface area contributed by atoms with Crippen LogP contribution in [0.3, 0.4) is 0 Å². The molecule has 0 spiro atoms. The highest BCUT2D eigenvalue weighted by Crippen LogP contribution is 2.46. The van der Waals surface area contributed by atoms with Crippen LogP contribution in [0, 0.1) is 5.92 Å². The maximum absolute atomic E-state index is 10.0. The van der Waals surface area contributed by atoms with Crippen molar-refractivity contribution in [3.05, 3.63) is 44.6 Å². The molecule has 0 amide bonds. The molecule has 0 saturated heterocycles. The van der Waals surface area contributed by atoms with Crippen LogP contribution in [0.4, 0.5) is 0 Å². The van der Waals surface area contributed by atoms with Crippen molar-refractivity contribution >= 4 is 11.3 Å². The van der Waals surface area contributed by atoms with E-state index >= 15 is 0 Å². The number of phenolic OH excluding ortho intramolecular Hbond substituents is 2. The lowest BCUT2D eigenvalue weighted by Gasteiger charge is -2.38. The minimum atomic E-state index is 0.00734. The molecule has 3 aliphatic rings. The lowest BCUT2D eigenvalue weighted by atomic mass is 9.74. The first-order chi connectivity index (χ1) is 12.2. The average Bonchev–Trinajstić information content (AvgIpc) is 3.25. The van der Waals surface area contributed by atoms with Gasteiger partial charge in [0, 0.05) is 28.3 Å². The van der Waals surface area contributed by atoms with Gasteiger partial charge >= 0.3 is 0 Å². The van der Waals surface area contributed by atoms with Crippen molar-refractivity contribution < 1.29 is 10.2 Å². The molecule has 2 heterocycles. The number of aromatic hydroxyl groups is 2. The Morgan fingerprint density at radius 2 is 1.80 bits per heavy atom. The number of aryl methyl sites for hydroxylation is 1. The summed E-state index contributed by atoms with van der Waals surface area (Å²) >= 11 is 1.99. The third-order valence-electron chi connectivity index (χ3n) is 6.42. The Balaban J connectivity index is 1.53. The minimum absolute atomic E-state index is 0.00734. The Morgan fingerprint density at radius 3 is 2.64 bits per heavy atom. The van der Waals surface area contributed by atoms with Gasteiger partial charge in [0.05, 0.1) is 0 Å². The molecule has 4 heteroatoms. The molecule has 1 aromatic carbocycles. The van der Waals surface area contributed by atoms with Crippen LogP contribution in [0.15, 0.2) is 18.2 Å². The van der Waals surface area contributed by atoms with E-state index in [1.165, 1.54) is 58.5 Å². The van der Waals surface area contributed by atoms with Crippen molar-refractivity contribution in [3.63, 3.8) is 0 Å². The summed E-state index contributed by atoms with van der Waals surface area (Å²) in [5.41, 5.74) is 3.85. The van der Waals surface area contributed by atoms with Gasteiger partial charge in [0.15, 0.2) is 11.5 Å². The molecule has 5 rings (SSSR count). The summed E-state index contributed by atoms with van der Waals surface area (Å²) in [4.78, 5) is 3.00. The van der Waals surface area contributed by atoms with Gasteiger partial charge < -0.3 is 15.5 Å². The van der Waals surface area contributed by atoms with Gasteiger partial charge in [-0.15, -0.1) is 11.3 Å². The molecule has 2 atom stereocenters. The predicted octanol–water partition coefficient (Wildman–Crippen LogP) is 4.44. The largest absolute Gasteiger partial charge is 0.504 e. The molecule has 3 N–H and O–H groups in total. The van der Waals surface area contributed by atoms with Crippen molar-refractivity contribution in [2.75, 3.05) is 0 Å². The molecule has 0 radical (unpaired) electrons. The summed E-state index contributed by atoms with van der Waals surface area (Å²) in [5, 5.41) is 23.6. The van der Waals surface area contributed by atoms with Gasteiger partial charge in [-0.05, 0) is 60.1 Å². The lowest BCUT2D eigenvalue weighted by Crippen LogP contribution is -2.41. The third-order valence-corrected chi connectivity index (χ3v) is 7.59. The van der Waals surface area contributed by atoms with Gasteiger partial charge in [-0.1, -0.05) is 25.7 Å². The molecule has 1 saturated carbocycles. The van der Waals surface area contributed by atoms with Crippen molar-refractivity contribution in [3.8, 4) is 11.5 Å². The minimum Gasteiger partial charge on any atom is -0.504 e. The molecule has 2 aliphatic carbocycles. The Labute approximate surface area is 152 Å². The van der Waals surface area contributed by atoms with E-state index < -0.39 is 0 Å². The SMILES string of the molecule is Oc1cc2c(cc1O)[C@@H]1c3cc(CC4CCCC4)sc3CN[C@@H]1CC2. The Kier molecular flexibility index (Phi) is 3.79. The monoisotopic (exact) mass is 355 g/mol. The van der Waals surface area contributed by atoms with Crippen LogP contribution in [-0.4, -0.2) is 16.3 Å². The molecule has 1 fully saturated rings. The zero-order valence-electron chi connectivity index (χ0n) is 14.4. The number of rotatable bonds is 2. The van der Waals surface area contributed by atoms with Crippen molar-refractivity contribution in [1.82, 2.24) is 5.32 Å². The zero-order valence-corrected chi connectivity index (χ0v) is 15.2. The highest BCUT2D eigenvalue weighted by Gasteiger charge is 2.37. The smallest absolute Gasteiger partial charge is 0.157 e. The molecular formula is C21H25NO2S. The van der Waals surface area contributed by atoms with Gasteiger partial charge in [0.1, 0.15) is 0 Å². The second-order valence-electron chi connectivity index (χ2n) is 7.99. The summed E-state index contributed by atoms with van der Waals surface area (Å²) in [6, 6.07) is 6.46. The fourth-order valence-corrected chi connectivity index (χ4v) is 6.45. The summed E-state index contributed by atoms with van der Waals surface area (Å²) in [5.74, 6) is 1.21. The van der Waals surface area contributed by atoms with Crippen LogP contribution < -0.4 is 5.32 Å². The average molecular weight is 356 g/mol. The molecule has 2 aromatic rings. The predicted molar refractivity (Wildman–Crippen MR) is 101 cm³/mol. The fourth-order valence-electron chi connectivity index (χ4n) is 5.17. The van der Waals surface area contributed by atoms with E-state index in [1.54, 1.807) is 12.1 Å². The van der Waals surface area contributed by atoms with Crippen LogP contribution in [0.25, 0.3) is 0 Å². The first kappa shape index (κ1) is 15.7. The van der Waals surface area contributed by atoms with Gasteiger partial charge in [0.25, 0.3) is 0 Å². The summed E-state index contributed by atoms with van der Waals surface area (Å²) in [6.07, 6.45) is 8.88. The Hall–Kier alpha value is -1.52. The molecule has 132 valence electrons. The maximum atomic E-state index is 10.0.